The van der Waals surface area contributed by atoms with E-state index in [4.69, 9.17) is 15.9 Å². The second-order valence-corrected chi connectivity index (χ2v) is 4.90. The Labute approximate surface area is 80.2 Å². The van der Waals surface area contributed by atoms with E-state index in [9.17, 15) is 8.42 Å². The smallest absolute Gasteiger partial charge is 0.240 e. The third-order valence-electron chi connectivity index (χ3n) is 1.31. The number of nitrogens with zero attached hydrogens (tertiary/aromatic N) is 2. The van der Waals surface area contributed by atoms with Crippen LogP contribution in [0, 0.1) is 18.3 Å². The molecule has 1 rings (SSSR count). The molecule has 0 N–H and O–H groups in total. The summed E-state index contributed by atoms with van der Waals surface area (Å²) in [4.78, 5) is 3.68. The fraction of sp³-hybridized carbons (Fsp3) is 0.143. The zero-order valence-corrected chi connectivity index (χ0v) is 8.22. The Balaban J connectivity index is 3.44. The van der Waals surface area contributed by atoms with E-state index in [-0.39, 0.29) is 10.6 Å². The summed E-state index contributed by atoms with van der Waals surface area (Å²) in [6.45, 7) is 1.59. The summed E-state index contributed by atoms with van der Waals surface area (Å²) in [6.07, 6.45) is 0. The molecular weight excluding hydrogens is 212 g/mol. The fourth-order valence-electron chi connectivity index (χ4n) is 0.828. The molecule has 0 atom stereocenters. The van der Waals surface area contributed by atoms with Gasteiger partial charge in [0.1, 0.15) is 0 Å². The minimum absolute atomic E-state index is 0.228. The number of rotatable bonds is 1. The Hall–Kier alpha value is -1.12. The number of pyridine rings is 1. The maximum Gasteiger partial charge on any atom is 0.278 e. The molecular formula is C7H5ClN2O2S. The lowest BCUT2D eigenvalue weighted by Crippen LogP contribution is -1.97. The second-order valence-electron chi connectivity index (χ2n) is 2.39. The normalized spacial score (nSPS) is 10.8. The van der Waals surface area contributed by atoms with Crippen LogP contribution in [0.15, 0.2) is 17.2 Å². The van der Waals surface area contributed by atoms with E-state index in [0.717, 1.165) is 6.07 Å². The van der Waals surface area contributed by atoms with Gasteiger partial charge >= 0.3 is 0 Å². The highest BCUT2D eigenvalue weighted by molar-refractivity contribution is 8.13. The number of hydrogen-bond donors (Lipinski definition) is 0. The SMILES string of the molecule is Cc1cc(C#N)cc(S(=O)(=O)Cl)n1. The molecule has 1 aromatic heterocycles. The van der Waals surface area contributed by atoms with Gasteiger partial charge in [0.05, 0.1) is 11.6 Å². The molecule has 0 aliphatic rings. The van der Waals surface area contributed by atoms with Crippen molar-refractivity contribution < 1.29 is 8.42 Å². The third kappa shape index (κ3) is 2.41. The van der Waals surface area contributed by atoms with Gasteiger partial charge < -0.3 is 0 Å². The molecule has 68 valence electrons. The van der Waals surface area contributed by atoms with Gasteiger partial charge in [-0.25, -0.2) is 13.4 Å². The Morgan fingerprint density at radius 2 is 2.15 bits per heavy atom. The summed E-state index contributed by atoms with van der Waals surface area (Å²) in [5.41, 5.74) is 0.671. The van der Waals surface area contributed by atoms with Crippen LogP contribution in [-0.4, -0.2) is 13.4 Å². The molecule has 0 aliphatic heterocycles. The number of hydrogen-bond acceptors (Lipinski definition) is 4. The number of aryl methyl sites for hydroxylation is 1. The highest BCUT2D eigenvalue weighted by Crippen LogP contribution is 2.14. The van der Waals surface area contributed by atoms with E-state index in [1.165, 1.54) is 6.07 Å². The van der Waals surface area contributed by atoms with Crippen LogP contribution in [0.2, 0.25) is 0 Å². The van der Waals surface area contributed by atoms with Crippen molar-refractivity contribution in [2.75, 3.05) is 0 Å². The van der Waals surface area contributed by atoms with Gasteiger partial charge in [-0.15, -0.1) is 0 Å². The molecule has 0 aliphatic carbocycles. The standard InChI is InChI=1S/C7H5ClN2O2S/c1-5-2-6(4-9)3-7(10-5)13(8,11)12/h2-3H,1H3. The largest absolute Gasteiger partial charge is 0.278 e. The van der Waals surface area contributed by atoms with Gasteiger partial charge in [-0.05, 0) is 19.1 Å². The van der Waals surface area contributed by atoms with Gasteiger partial charge in [0.2, 0.25) is 0 Å². The van der Waals surface area contributed by atoms with Crippen molar-refractivity contribution in [1.82, 2.24) is 4.98 Å². The van der Waals surface area contributed by atoms with Crippen LogP contribution in [-0.2, 0) is 9.05 Å². The van der Waals surface area contributed by atoms with Gasteiger partial charge in [-0.2, -0.15) is 5.26 Å². The van der Waals surface area contributed by atoms with Crippen LogP contribution >= 0.6 is 10.7 Å². The van der Waals surface area contributed by atoms with E-state index in [1.807, 2.05) is 6.07 Å². The molecule has 0 saturated heterocycles. The first-order chi connectivity index (χ1) is 5.93. The molecule has 0 spiro atoms. The van der Waals surface area contributed by atoms with Crippen LogP contribution in [0.4, 0.5) is 0 Å². The van der Waals surface area contributed by atoms with Gasteiger partial charge in [0.25, 0.3) is 9.05 Å². The highest BCUT2D eigenvalue weighted by atomic mass is 35.7. The predicted octanol–water partition coefficient (Wildman–Crippen LogP) is 1.19. The van der Waals surface area contributed by atoms with E-state index < -0.39 is 9.05 Å². The second kappa shape index (κ2) is 3.32. The van der Waals surface area contributed by atoms with E-state index in [2.05, 4.69) is 4.98 Å². The quantitative estimate of drug-likeness (QED) is 0.661. The average molecular weight is 217 g/mol. The molecule has 1 aromatic rings. The molecule has 4 nitrogen and oxygen atoms in total. The molecule has 6 heteroatoms. The lowest BCUT2D eigenvalue weighted by molar-refractivity contribution is 0.605. The van der Waals surface area contributed by atoms with Crippen molar-refractivity contribution in [3.63, 3.8) is 0 Å². The van der Waals surface area contributed by atoms with Crippen molar-refractivity contribution in [1.29, 1.82) is 5.26 Å². The summed E-state index contributed by atoms with van der Waals surface area (Å²) < 4.78 is 21.7. The maximum absolute atomic E-state index is 10.8. The molecule has 0 amide bonds. The molecule has 0 saturated carbocycles. The molecule has 1 heterocycles. The van der Waals surface area contributed by atoms with Crippen LogP contribution in [0.5, 0.6) is 0 Å². The molecule has 0 fully saturated rings. The van der Waals surface area contributed by atoms with Gasteiger partial charge in [0, 0.05) is 16.4 Å². The molecule has 0 unspecified atom stereocenters. The Kier molecular flexibility index (Phi) is 2.55. The zero-order valence-electron chi connectivity index (χ0n) is 6.65. The van der Waals surface area contributed by atoms with Crippen LogP contribution in [0.1, 0.15) is 11.3 Å². The third-order valence-corrected chi connectivity index (χ3v) is 2.49. The Morgan fingerprint density at radius 1 is 1.54 bits per heavy atom. The predicted molar refractivity (Wildman–Crippen MR) is 46.7 cm³/mol. The van der Waals surface area contributed by atoms with Gasteiger partial charge in [-0.3, -0.25) is 0 Å². The molecule has 0 radical (unpaired) electrons. The minimum atomic E-state index is -3.85. The first-order valence-corrected chi connectivity index (χ1v) is 5.58. The Bertz CT molecular complexity index is 476. The topological polar surface area (TPSA) is 70.8 Å². The molecule has 0 bridgehead atoms. The highest BCUT2D eigenvalue weighted by Gasteiger charge is 2.12. The van der Waals surface area contributed by atoms with Crippen LogP contribution in [0.25, 0.3) is 0 Å². The van der Waals surface area contributed by atoms with Gasteiger partial charge in [0.15, 0.2) is 5.03 Å². The summed E-state index contributed by atoms with van der Waals surface area (Å²) in [5, 5.41) is 8.25. The van der Waals surface area contributed by atoms with Crippen LogP contribution in [0.3, 0.4) is 0 Å². The van der Waals surface area contributed by atoms with Crippen molar-refractivity contribution in [2.45, 2.75) is 11.9 Å². The average Bonchev–Trinajstić information content (AvgIpc) is 2.01. The zero-order chi connectivity index (χ0) is 10.1. The van der Waals surface area contributed by atoms with E-state index in [1.54, 1.807) is 6.92 Å². The lowest BCUT2D eigenvalue weighted by Gasteiger charge is -1.97. The number of nitriles is 1. The number of halogens is 1. The van der Waals surface area contributed by atoms with Gasteiger partial charge in [-0.1, -0.05) is 0 Å². The number of aromatic nitrogens is 1. The van der Waals surface area contributed by atoms with Crippen LogP contribution < -0.4 is 0 Å². The molecule has 0 aromatic carbocycles. The maximum atomic E-state index is 10.8. The first-order valence-electron chi connectivity index (χ1n) is 3.27. The fourth-order valence-corrected chi connectivity index (χ4v) is 1.59. The van der Waals surface area contributed by atoms with E-state index in [0.29, 0.717) is 5.69 Å². The lowest BCUT2D eigenvalue weighted by atomic mass is 10.2. The summed E-state index contributed by atoms with van der Waals surface area (Å²) in [6, 6.07) is 4.43. The van der Waals surface area contributed by atoms with Crippen molar-refractivity contribution in [2.24, 2.45) is 0 Å². The minimum Gasteiger partial charge on any atom is -0.240 e. The Morgan fingerprint density at radius 3 is 2.62 bits per heavy atom. The van der Waals surface area contributed by atoms with Crippen molar-refractivity contribution in [3.8, 4) is 6.07 Å². The summed E-state index contributed by atoms with van der Waals surface area (Å²) in [5.74, 6) is 0. The summed E-state index contributed by atoms with van der Waals surface area (Å²) in [7, 11) is 1.21. The van der Waals surface area contributed by atoms with Crippen molar-refractivity contribution in [3.05, 3.63) is 23.4 Å². The van der Waals surface area contributed by atoms with Crippen molar-refractivity contribution >= 4 is 19.7 Å². The van der Waals surface area contributed by atoms with E-state index >= 15 is 0 Å². The first kappa shape index (κ1) is 9.96. The monoisotopic (exact) mass is 216 g/mol. The summed E-state index contributed by atoms with van der Waals surface area (Å²) >= 11 is 0. The molecule has 13 heavy (non-hydrogen) atoms.